The second-order valence-electron chi connectivity index (χ2n) is 8.67. The largest absolute Gasteiger partial charge is 0.308 e. The number of rotatable bonds is 7. The number of nitrogens with one attached hydrogen (secondary N) is 1. The Balaban J connectivity index is 1.41. The van der Waals surface area contributed by atoms with E-state index in [1.165, 1.54) is 10.7 Å². The Morgan fingerprint density at radius 3 is 2.46 bits per heavy atom. The molecule has 3 aromatic heterocycles. The van der Waals surface area contributed by atoms with E-state index in [9.17, 15) is 13.6 Å². The molecule has 0 aliphatic heterocycles. The monoisotopic (exact) mass is 520 g/mol. The number of hydrogen-bond acceptors (Lipinski definition) is 4. The van der Waals surface area contributed by atoms with E-state index in [1.807, 2.05) is 49.4 Å². The highest BCUT2D eigenvalue weighted by Gasteiger charge is 2.22. The van der Waals surface area contributed by atoms with Gasteiger partial charge in [-0.2, -0.15) is 10.2 Å². The molecule has 1 amide bonds. The molecule has 0 bridgehead atoms. The SMILES string of the molecule is Cc1nn(CC(=O)Nc2cc(C)n(Cc3ccccc3Cl)n2)c2nc(-c3ccccc3)cc(C(F)F)c12. The van der Waals surface area contributed by atoms with Gasteiger partial charge in [-0.3, -0.25) is 9.48 Å². The van der Waals surface area contributed by atoms with Crippen LogP contribution in [0.15, 0.2) is 66.7 Å². The second-order valence-corrected chi connectivity index (χ2v) is 9.08. The molecule has 188 valence electrons. The maximum Gasteiger partial charge on any atom is 0.264 e. The molecular formula is C27H23ClF2N6O. The molecule has 37 heavy (non-hydrogen) atoms. The number of pyridine rings is 1. The van der Waals surface area contributed by atoms with Crippen LogP contribution in [0.25, 0.3) is 22.3 Å². The Kier molecular flexibility index (Phi) is 6.71. The number of carbonyl (C=O) groups is 1. The number of benzene rings is 2. The Morgan fingerprint density at radius 2 is 1.73 bits per heavy atom. The molecule has 5 rings (SSSR count). The number of alkyl halides is 2. The van der Waals surface area contributed by atoms with E-state index >= 15 is 0 Å². The van der Waals surface area contributed by atoms with Gasteiger partial charge in [-0.15, -0.1) is 0 Å². The van der Waals surface area contributed by atoms with Crippen molar-refractivity contribution in [3.63, 3.8) is 0 Å². The summed E-state index contributed by atoms with van der Waals surface area (Å²) in [5.74, 6) is -0.0359. The van der Waals surface area contributed by atoms with Gasteiger partial charge >= 0.3 is 0 Å². The average molecular weight is 521 g/mol. The van der Waals surface area contributed by atoms with Crippen molar-refractivity contribution >= 4 is 34.4 Å². The maximum absolute atomic E-state index is 14.0. The van der Waals surface area contributed by atoms with E-state index in [1.54, 1.807) is 29.8 Å². The summed E-state index contributed by atoms with van der Waals surface area (Å²) in [6.45, 7) is 3.75. The van der Waals surface area contributed by atoms with Gasteiger partial charge in [0.15, 0.2) is 11.5 Å². The smallest absolute Gasteiger partial charge is 0.264 e. The van der Waals surface area contributed by atoms with E-state index in [4.69, 9.17) is 11.6 Å². The molecule has 1 N–H and O–H groups in total. The zero-order valence-corrected chi connectivity index (χ0v) is 20.9. The van der Waals surface area contributed by atoms with Crippen molar-refractivity contribution in [1.29, 1.82) is 0 Å². The van der Waals surface area contributed by atoms with Crippen LogP contribution in [0.4, 0.5) is 14.6 Å². The van der Waals surface area contributed by atoms with Gasteiger partial charge in [-0.1, -0.05) is 60.1 Å². The lowest BCUT2D eigenvalue weighted by Crippen LogP contribution is -2.20. The van der Waals surface area contributed by atoms with Gasteiger partial charge in [-0.05, 0) is 31.5 Å². The van der Waals surface area contributed by atoms with E-state index in [0.29, 0.717) is 34.3 Å². The number of fused-ring (bicyclic) bond motifs is 1. The molecule has 5 aromatic rings. The van der Waals surface area contributed by atoms with Crippen LogP contribution in [-0.4, -0.2) is 30.5 Å². The quantitative estimate of drug-likeness (QED) is 0.277. The minimum atomic E-state index is -2.72. The fourth-order valence-corrected chi connectivity index (χ4v) is 4.46. The first kappa shape index (κ1) is 24.6. The summed E-state index contributed by atoms with van der Waals surface area (Å²) < 4.78 is 31.1. The predicted molar refractivity (Wildman–Crippen MR) is 139 cm³/mol. The summed E-state index contributed by atoms with van der Waals surface area (Å²) in [4.78, 5) is 17.5. The number of nitrogens with zero attached hydrogens (tertiary/aromatic N) is 5. The van der Waals surface area contributed by atoms with Crippen LogP contribution in [0.5, 0.6) is 0 Å². The Morgan fingerprint density at radius 1 is 1.00 bits per heavy atom. The molecule has 0 unspecified atom stereocenters. The van der Waals surface area contributed by atoms with E-state index in [-0.39, 0.29) is 23.1 Å². The molecule has 0 radical (unpaired) electrons. The summed E-state index contributed by atoms with van der Waals surface area (Å²) in [6.07, 6.45) is -2.72. The average Bonchev–Trinajstić information content (AvgIpc) is 3.38. The Bertz CT molecular complexity index is 1600. The Hall–Kier alpha value is -4.11. The van der Waals surface area contributed by atoms with Crippen LogP contribution >= 0.6 is 11.6 Å². The fourth-order valence-electron chi connectivity index (χ4n) is 4.26. The number of amides is 1. The van der Waals surface area contributed by atoms with E-state index < -0.39 is 12.3 Å². The van der Waals surface area contributed by atoms with Gasteiger partial charge < -0.3 is 5.32 Å². The van der Waals surface area contributed by atoms with Crippen molar-refractivity contribution < 1.29 is 13.6 Å². The number of carbonyl (C=O) groups excluding carboxylic acids is 1. The molecular weight excluding hydrogens is 498 g/mol. The van der Waals surface area contributed by atoms with Crippen molar-refractivity contribution in [1.82, 2.24) is 24.5 Å². The van der Waals surface area contributed by atoms with Gasteiger partial charge in [-0.25, -0.2) is 18.4 Å². The fraction of sp³-hybridized carbons (Fsp3) is 0.185. The molecule has 2 aromatic carbocycles. The summed E-state index contributed by atoms with van der Waals surface area (Å²) in [6, 6.07) is 19.7. The van der Waals surface area contributed by atoms with E-state index in [2.05, 4.69) is 20.5 Å². The predicted octanol–water partition coefficient (Wildman–Crippen LogP) is 6.19. The van der Waals surface area contributed by atoms with Crippen molar-refractivity contribution in [2.75, 3.05) is 5.32 Å². The number of hydrogen-bond donors (Lipinski definition) is 1. The lowest BCUT2D eigenvalue weighted by Gasteiger charge is -2.09. The summed E-state index contributed by atoms with van der Waals surface area (Å²) >= 11 is 6.26. The lowest BCUT2D eigenvalue weighted by molar-refractivity contribution is -0.116. The highest BCUT2D eigenvalue weighted by molar-refractivity contribution is 6.31. The third-order valence-electron chi connectivity index (χ3n) is 6.03. The van der Waals surface area contributed by atoms with Crippen LogP contribution < -0.4 is 5.32 Å². The minimum absolute atomic E-state index is 0.165. The molecule has 0 fully saturated rings. The first-order chi connectivity index (χ1) is 17.8. The molecule has 0 saturated heterocycles. The number of aromatic nitrogens is 5. The van der Waals surface area contributed by atoms with Gasteiger partial charge in [0.2, 0.25) is 5.91 Å². The summed E-state index contributed by atoms with van der Waals surface area (Å²) in [5, 5.41) is 12.5. The van der Waals surface area contributed by atoms with Crippen LogP contribution in [0.2, 0.25) is 5.02 Å². The zero-order chi connectivity index (χ0) is 26.1. The molecule has 0 atom stereocenters. The molecule has 0 saturated carbocycles. The molecule has 0 spiro atoms. The molecule has 0 aliphatic carbocycles. The molecule has 3 heterocycles. The van der Waals surface area contributed by atoms with Crippen molar-refractivity contribution in [3.05, 3.63) is 94.3 Å². The molecule has 10 heteroatoms. The van der Waals surface area contributed by atoms with Crippen LogP contribution in [0, 0.1) is 13.8 Å². The van der Waals surface area contributed by atoms with Gasteiger partial charge in [0, 0.05) is 27.9 Å². The first-order valence-corrected chi connectivity index (χ1v) is 12.0. The molecule has 0 aliphatic rings. The third-order valence-corrected chi connectivity index (χ3v) is 6.40. The van der Waals surface area contributed by atoms with Gasteiger partial charge in [0.25, 0.3) is 6.43 Å². The van der Waals surface area contributed by atoms with Crippen molar-refractivity contribution in [2.24, 2.45) is 0 Å². The third kappa shape index (κ3) is 5.08. The zero-order valence-electron chi connectivity index (χ0n) is 20.1. The topological polar surface area (TPSA) is 77.6 Å². The normalized spacial score (nSPS) is 11.4. The maximum atomic E-state index is 14.0. The first-order valence-electron chi connectivity index (χ1n) is 11.6. The highest BCUT2D eigenvalue weighted by Crippen LogP contribution is 2.33. The summed E-state index contributed by atoms with van der Waals surface area (Å²) in [5.41, 5.74) is 3.27. The second kappa shape index (κ2) is 10.1. The van der Waals surface area contributed by atoms with Crippen LogP contribution in [-0.2, 0) is 17.9 Å². The van der Waals surface area contributed by atoms with Gasteiger partial charge in [0.1, 0.15) is 6.54 Å². The minimum Gasteiger partial charge on any atom is -0.308 e. The number of aryl methyl sites for hydroxylation is 2. The highest BCUT2D eigenvalue weighted by atomic mass is 35.5. The van der Waals surface area contributed by atoms with Gasteiger partial charge in [0.05, 0.1) is 23.3 Å². The Labute approximate surface area is 216 Å². The number of halogens is 3. The standard InChI is InChI=1S/C27H23ClF2N6O/c1-16-12-23(34-35(16)14-19-10-6-7-11-21(19)28)32-24(37)15-36-27-25(17(2)33-36)20(26(29)30)13-22(31-27)18-8-4-3-5-9-18/h3-13,26H,14-15H2,1-2H3,(H,32,34,37). The van der Waals surface area contributed by atoms with Crippen molar-refractivity contribution in [3.8, 4) is 11.3 Å². The van der Waals surface area contributed by atoms with Crippen molar-refractivity contribution in [2.45, 2.75) is 33.4 Å². The van der Waals surface area contributed by atoms with Crippen LogP contribution in [0.1, 0.15) is 28.9 Å². The molecule has 7 nitrogen and oxygen atoms in total. The van der Waals surface area contributed by atoms with E-state index in [0.717, 1.165) is 11.3 Å². The lowest BCUT2D eigenvalue weighted by atomic mass is 10.1. The number of anilines is 1. The van der Waals surface area contributed by atoms with Crippen LogP contribution in [0.3, 0.4) is 0 Å². The summed E-state index contributed by atoms with van der Waals surface area (Å²) in [7, 11) is 0.